The van der Waals surface area contributed by atoms with Gasteiger partial charge in [-0.1, -0.05) is 49.5 Å². The van der Waals surface area contributed by atoms with E-state index in [9.17, 15) is 13.2 Å². The molecule has 0 aliphatic rings. The molecule has 0 atom stereocenters. The van der Waals surface area contributed by atoms with Crippen LogP contribution in [0.3, 0.4) is 0 Å². The first kappa shape index (κ1) is 27.2. The third-order valence-corrected chi connectivity index (χ3v) is 6.26. The van der Waals surface area contributed by atoms with Crippen LogP contribution in [-0.2, 0) is 18.2 Å². The minimum atomic E-state index is -4.58. The van der Waals surface area contributed by atoms with E-state index in [1.165, 1.54) is 11.9 Å². The van der Waals surface area contributed by atoms with Crippen molar-refractivity contribution < 1.29 is 17.9 Å². The van der Waals surface area contributed by atoms with Gasteiger partial charge in [-0.2, -0.15) is 13.2 Å². The number of anilines is 2. The van der Waals surface area contributed by atoms with Crippen molar-refractivity contribution in [2.75, 3.05) is 28.7 Å². The standard InChI is InChI=1S/C24H25Cl2F3N4OS/c1-23(2,16-12-19(24(27,28)29)21(20(26)13-16)30-11-9-25)15-4-6-18(7-5-15)34-14-17-8-10-31-22(32-17)33-35-3/h4-8,10,12-13,30H,9,11,14H2,1-3H3,(H,31,32,33). The Bertz CT molecular complexity index is 1140. The number of ether oxygens (including phenoxy) is 1. The fraction of sp³-hybridized carbons (Fsp3) is 0.333. The minimum Gasteiger partial charge on any atom is -0.487 e. The number of benzene rings is 2. The maximum Gasteiger partial charge on any atom is 0.418 e. The van der Waals surface area contributed by atoms with E-state index in [-0.39, 0.29) is 29.7 Å². The van der Waals surface area contributed by atoms with E-state index in [4.69, 9.17) is 27.9 Å². The Kier molecular flexibility index (Phi) is 9.01. The molecule has 1 heterocycles. The summed E-state index contributed by atoms with van der Waals surface area (Å²) in [6.45, 7) is 4.11. The number of rotatable bonds is 10. The molecule has 0 saturated heterocycles. The zero-order chi connectivity index (χ0) is 25.6. The van der Waals surface area contributed by atoms with E-state index in [1.807, 2.05) is 32.2 Å². The van der Waals surface area contributed by atoms with Gasteiger partial charge in [-0.15, -0.1) is 11.6 Å². The van der Waals surface area contributed by atoms with Crippen LogP contribution >= 0.6 is 35.1 Å². The molecule has 0 fully saturated rings. The second-order valence-corrected chi connectivity index (χ2v) is 9.51. The van der Waals surface area contributed by atoms with E-state index in [0.717, 1.165) is 11.6 Å². The summed E-state index contributed by atoms with van der Waals surface area (Å²) in [6, 6.07) is 11.7. The van der Waals surface area contributed by atoms with E-state index >= 15 is 0 Å². The fourth-order valence-electron chi connectivity index (χ4n) is 3.45. The van der Waals surface area contributed by atoms with Crippen LogP contribution in [0.1, 0.15) is 36.2 Å². The van der Waals surface area contributed by atoms with Gasteiger partial charge in [0.1, 0.15) is 12.4 Å². The van der Waals surface area contributed by atoms with Crippen LogP contribution in [-0.4, -0.2) is 28.6 Å². The number of hydrogen-bond acceptors (Lipinski definition) is 6. The lowest BCUT2D eigenvalue weighted by molar-refractivity contribution is -0.137. The van der Waals surface area contributed by atoms with Crippen LogP contribution < -0.4 is 14.8 Å². The van der Waals surface area contributed by atoms with Crippen LogP contribution in [0.4, 0.5) is 24.8 Å². The molecule has 3 rings (SSSR count). The topological polar surface area (TPSA) is 59.1 Å². The average Bonchev–Trinajstić information content (AvgIpc) is 2.81. The van der Waals surface area contributed by atoms with Crippen LogP contribution in [0, 0.1) is 0 Å². The highest BCUT2D eigenvalue weighted by molar-refractivity contribution is 7.99. The summed E-state index contributed by atoms with van der Waals surface area (Å²) in [7, 11) is 0. The molecule has 0 aliphatic carbocycles. The Morgan fingerprint density at radius 2 is 1.77 bits per heavy atom. The maximum absolute atomic E-state index is 13.8. The highest BCUT2D eigenvalue weighted by atomic mass is 35.5. The number of aromatic nitrogens is 2. The Balaban J connectivity index is 1.82. The summed E-state index contributed by atoms with van der Waals surface area (Å²) < 4.78 is 50.2. The Morgan fingerprint density at radius 1 is 1.06 bits per heavy atom. The van der Waals surface area contributed by atoms with E-state index in [2.05, 4.69) is 20.0 Å². The molecular formula is C24H25Cl2F3N4OS. The summed E-state index contributed by atoms with van der Waals surface area (Å²) in [4.78, 5) is 8.46. The van der Waals surface area contributed by atoms with Gasteiger partial charge >= 0.3 is 6.18 Å². The second-order valence-electron chi connectivity index (χ2n) is 8.11. The Hall–Kier alpha value is -2.36. The molecule has 2 N–H and O–H groups in total. The van der Waals surface area contributed by atoms with Crippen LogP contribution in [0.2, 0.25) is 5.02 Å². The zero-order valence-electron chi connectivity index (χ0n) is 19.3. The molecular weight excluding hydrogens is 520 g/mol. The molecule has 2 aromatic carbocycles. The van der Waals surface area contributed by atoms with Crippen molar-refractivity contribution in [3.63, 3.8) is 0 Å². The SMILES string of the molecule is CSNc1nccc(COc2ccc(C(C)(C)c3cc(Cl)c(NCCCl)c(C(F)(F)F)c3)cc2)n1. The van der Waals surface area contributed by atoms with Gasteiger partial charge in [0.15, 0.2) is 0 Å². The normalized spacial score (nSPS) is 11.9. The van der Waals surface area contributed by atoms with E-state index in [0.29, 0.717) is 23.0 Å². The summed E-state index contributed by atoms with van der Waals surface area (Å²) in [5.41, 5.74) is 0.219. The first-order valence-corrected chi connectivity index (χ1v) is 12.7. The van der Waals surface area contributed by atoms with Crippen molar-refractivity contribution in [1.82, 2.24) is 9.97 Å². The highest BCUT2D eigenvalue weighted by Crippen LogP contribution is 2.43. The Morgan fingerprint density at radius 3 is 2.40 bits per heavy atom. The van der Waals surface area contributed by atoms with Gasteiger partial charge in [0.2, 0.25) is 5.95 Å². The first-order chi connectivity index (χ1) is 16.6. The summed E-state index contributed by atoms with van der Waals surface area (Å²) in [6.07, 6.45) is -1.05. The van der Waals surface area contributed by atoms with Crippen LogP contribution in [0.5, 0.6) is 5.75 Å². The lowest BCUT2D eigenvalue weighted by Gasteiger charge is -2.28. The minimum absolute atomic E-state index is 0.00634. The molecule has 35 heavy (non-hydrogen) atoms. The van der Waals surface area contributed by atoms with E-state index in [1.54, 1.807) is 30.5 Å². The fourth-order valence-corrected chi connectivity index (χ4v) is 4.11. The maximum atomic E-state index is 13.8. The Labute approximate surface area is 216 Å². The zero-order valence-corrected chi connectivity index (χ0v) is 21.7. The van der Waals surface area contributed by atoms with Crippen molar-refractivity contribution in [2.45, 2.75) is 32.0 Å². The van der Waals surface area contributed by atoms with Gasteiger partial charge in [-0.25, -0.2) is 9.97 Å². The molecule has 5 nitrogen and oxygen atoms in total. The average molecular weight is 545 g/mol. The molecule has 1 aromatic heterocycles. The number of nitrogens with zero attached hydrogens (tertiary/aromatic N) is 2. The molecule has 0 radical (unpaired) electrons. The third-order valence-electron chi connectivity index (χ3n) is 5.38. The number of nitrogens with one attached hydrogen (secondary N) is 2. The quantitative estimate of drug-likeness (QED) is 0.205. The van der Waals surface area contributed by atoms with Crippen molar-refractivity contribution in [3.05, 3.63) is 76.1 Å². The molecule has 188 valence electrons. The van der Waals surface area contributed by atoms with Gasteiger partial charge < -0.3 is 10.1 Å². The third kappa shape index (κ3) is 6.86. The molecule has 11 heteroatoms. The first-order valence-electron chi connectivity index (χ1n) is 10.6. The van der Waals surface area contributed by atoms with Gasteiger partial charge in [0, 0.05) is 30.3 Å². The van der Waals surface area contributed by atoms with Crippen molar-refractivity contribution in [2.24, 2.45) is 0 Å². The predicted molar refractivity (Wildman–Crippen MR) is 138 cm³/mol. The molecule has 3 aromatic rings. The number of hydrogen-bond donors (Lipinski definition) is 2. The van der Waals surface area contributed by atoms with Crippen LogP contribution in [0.25, 0.3) is 0 Å². The molecule has 0 aliphatic heterocycles. The van der Waals surface area contributed by atoms with Crippen molar-refractivity contribution >= 4 is 46.8 Å². The van der Waals surface area contributed by atoms with Gasteiger partial charge in [-0.3, -0.25) is 4.72 Å². The smallest absolute Gasteiger partial charge is 0.418 e. The van der Waals surface area contributed by atoms with Crippen LogP contribution in [0.15, 0.2) is 48.7 Å². The largest absolute Gasteiger partial charge is 0.487 e. The lowest BCUT2D eigenvalue weighted by atomic mass is 9.77. The highest BCUT2D eigenvalue weighted by Gasteiger charge is 2.37. The monoisotopic (exact) mass is 544 g/mol. The second kappa shape index (κ2) is 11.6. The molecule has 0 bridgehead atoms. The summed E-state index contributed by atoms with van der Waals surface area (Å²) in [5.74, 6) is 1.26. The van der Waals surface area contributed by atoms with Crippen molar-refractivity contribution in [1.29, 1.82) is 0 Å². The lowest BCUT2D eigenvalue weighted by Crippen LogP contribution is -2.21. The van der Waals surface area contributed by atoms with Gasteiger partial charge in [-0.05, 0) is 41.5 Å². The van der Waals surface area contributed by atoms with Crippen molar-refractivity contribution in [3.8, 4) is 5.75 Å². The van der Waals surface area contributed by atoms with Gasteiger partial charge in [0.25, 0.3) is 0 Å². The predicted octanol–water partition coefficient (Wildman–Crippen LogP) is 7.39. The van der Waals surface area contributed by atoms with Gasteiger partial charge in [0.05, 0.1) is 22.0 Å². The van der Waals surface area contributed by atoms with E-state index < -0.39 is 17.2 Å². The number of halogens is 5. The summed E-state index contributed by atoms with van der Waals surface area (Å²) in [5, 5.41) is 2.68. The summed E-state index contributed by atoms with van der Waals surface area (Å²) >= 11 is 13.3. The number of alkyl halides is 4. The molecule has 0 saturated carbocycles. The molecule has 0 unspecified atom stereocenters. The molecule has 0 amide bonds. The molecule has 0 spiro atoms.